The van der Waals surface area contributed by atoms with Gasteiger partial charge in [-0.2, -0.15) is 0 Å². The van der Waals surface area contributed by atoms with Crippen LogP contribution >= 0.6 is 22.6 Å². The molecule has 2 nitrogen and oxygen atoms in total. The topological polar surface area (TPSA) is 26.3 Å². The van der Waals surface area contributed by atoms with Gasteiger partial charge >= 0.3 is 0 Å². The fourth-order valence-corrected chi connectivity index (χ4v) is 1.87. The van der Waals surface area contributed by atoms with E-state index in [0.29, 0.717) is 9.13 Å². The number of Topliss-reactive ketones (excluding diaryl/α,β-unsaturated/α-hetero) is 1. The van der Waals surface area contributed by atoms with Gasteiger partial charge in [-0.15, -0.1) is 0 Å². The van der Waals surface area contributed by atoms with Gasteiger partial charge in [-0.3, -0.25) is 4.79 Å². The van der Waals surface area contributed by atoms with Crippen molar-refractivity contribution in [3.05, 3.63) is 27.1 Å². The number of rotatable bonds is 2. The number of benzene rings is 1. The first-order chi connectivity index (χ1) is 6.07. The maximum absolute atomic E-state index is 13.1. The molecule has 0 atom stereocenters. The molecule has 4 heteroatoms. The van der Waals surface area contributed by atoms with Gasteiger partial charge in [-0.05, 0) is 41.6 Å². The van der Waals surface area contributed by atoms with Crippen LogP contribution in [0.4, 0.5) is 4.39 Å². The summed E-state index contributed by atoms with van der Waals surface area (Å²) in [5.74, 6) is -0.673. The second-order valence-corrected chi connectivity index (χ2v) is 3.66. The molecule has 0 N–H and O–H groups in total. The molecule has 0 unspecified atom stereocenters. The fourth-order valence-electron chi connectivity index (χ4n) is 1.06. The third-order valence-electron chi connectivity index (χ3n) is 1.61. The highest BCUT2D eigenvalue weighted by Gasteiger charge is 2.16. The molecule has 0 bridgehead atoms. The molecule has 70 valence electrons. The number of ketones is 1. The summed E-state index contributed by atoms with van der Waals surface area (Å²) in [7, 11) is 1.35. The summed E-state index contributed by atoms with van der Waals surface area (Å²) < 4.78 is 18.6. The second-order valence-electron chi connectivity index (χ2n) is 2.49. The van der Waals surface area contributed by atoms with Crippen LogP contribution in [0.1, 0.15) is 17.3 Å². The quantitative estimate of drug-likeness (QED) is 0.619. The van der Waals surface area contributed by atoms with Crippen molar-refractivity contribution in [1.82, 2.24) is 0 Å². The maximum Gasteiger partial charge on any atom is 0.166 e. The van der Waals surface area contributed by atoms with Gasteiger partial charge in [-0.25, -0.2) is 4.39 Å². The summed E-state index contributed by atoms with van der Waals surface area (Å²) in [4.78, 5) is 11.1. The third kappa shape index (κ3) is 1.99. The number of hydrogen-bond acceptors (Lipinski definition) is 2. The summed E-state index contributed by atoms with van der Waals surface area (Å²) in [6.07, 6.45) is 0. The zero-order chi connectivity index (χ0) is 10.0. The lowest BCUT2D eigenvalue weighted by Crippen LogP contribution is -2.02. The van der Waals surface area contributed by atoms with Gasteiger partial charge in [0.05, 0.1) is 12.7 Å². The van der Waals surface area contributed by atoms with Crippen molar-refractivity contribution in [1.29, 1.82) is 0 Å². The number of methoxy groups -OCH3 is 1. The van der Waals surface area contributed by atoms with Crippen LogP contribution < -0.4 is 4.74 Å². The van der Waals surface area contributed by atoms with E-state index in [1.54, 1.807) is 6.07 Å². The van der Waals surface area contributed by atoms with Crippen molar-refractivity contribution in [2.24, 2.45) is 0 Å². The lowest BCUT2D eigenvalue weighted by molar-refractivity contribution is 0.101. The molecule has 0 amide bonds. The minimum atomic E-state index is -0.506. The fraction of sp³-hybridized carbons (Fsp3) is 0.222. The van der Waals surface area contributed by atoms with Crippen molar-refractivity contribution in [3.63, 3.8) is 0 Å². The third-order valence-corrected chi connectivity index (χ3v) is 2.51. The van der Waals surface area contributed by atoms with Crippen molar-refractivity contribution < 1.29 is 13.9 Å². The van der Waals surface area contributed by atoms with E-state index in [4.69, 9.17) is 4.74 Å². The van der Waals surface area contributed by atoms with Crippen LogP contribution in [-0.2, 0) is 0 Å². The van der Waals surface area contributed by atoms with Gasteiger partial charge in [0, 0.05) is 3.57 Å². The Hall–Kier alpha value is -0.650. The summed E-state index contributed by atoms with van der Waals surface area (Å²) in [5.41, 5.74) is 0.308. The maximum atomic E-state index is 13.1. The van der Waals surface area contributed by atoms with Crippen molar-refractivity contribution in [3.8, 4) is 5.75 Å². The van der Waals surface area contributed by atoms with Crippen molar-refractivity contribution in [2.45, 2.75) is 6.92 Å². The highest BCUT2D eigenvalue weighted by atomic mass is 127. The first kappa shape index (κ1) is 10.4. The van der Waals surface area contributed by atoms with E-state index in [1.165, 1.54) is 20.1 Å². The van der Waals surface area contributed by atoms with Crippen LogP contribution in [0.5, 0.6) is 5.75 Å². The molecule has 0 fully saturated rings. The first-order valence-corrected chi connectivity index (χ1v) is 4.68. The number of ether oxygens (including phenoxy) is 1. The first-order valence-electron chi connectivity index (χ1n) is 3.61. The lowest BCUT2D eigenvalue weighted by Gasteiger charge is -2.08. The van der Waals surface area contributed by atoms with E-state index in [0.717, 1.165) is 0 Å². The molecular formula is C9H8FIO2. The summed E-state index contributed by atoms with van der Waals surface area (Å²) in [5, 5.41) is 0. The van der Waals surface area contributed by atoms with E-state index in [9.17, 15) is 9.18 Å². The Morgan fingerprint density at radius 1 is 1.54 bits per heavy atom. The monoisotopic (exact) mass is 294 g/mol. The number of halogens is 2. The minimum Gasteiger partial charge on any atom is -0.493 e. The second kappa shape index (κ2) is 4.04. The Bertz CT molecular complexity index is 350. The van der Waals surface area contributed by atoms with Crippen LogP contribution in [0.3, 0.4) is 0 Å². The Balaban J connectivity index is 3.43. The molecule has 0 saturated carbocycles. The molecule has 0 heterocycles. The van der Waals surface area contributed by atoms with E-state index >= 15 is 0 Å². The molecular weight excluding hydrogens is 286 g/mol. The molecule has 1 rings (SSSR count). The van der Waals surface area contributed by atoms with Gasteiger partial charge in [-0.1, -0.05) is 0 Å². The smallest absolute Gasteiger partial charge is 0.166 e. The highest BCUT2D eigenvalue weighted by molar-refractivity contribution is 14.1. The largest absolute Gasteiger partial charge is 0.493 e. The SMILES string of the molecule is COc1c(F)ccc(I)c1C(C)=O. The normalized spacial score (nSPS) is 9.85. The summed E-state index contributed by atoms with van der Waals surface area (Å²) >= 11 is 1.97. The van der Waals surface area contributed by atoms with Gasteiger partial charge in [0.1, 0.15) is 0 Å². The number of carbonyl (C=O) groups excluding carboxylic acids is 1. The lowest BCUT2D eigenvalue weighted by atomic mass is 10.1. The van der Waals surface area contributed by atoms with Gasteiger partial charge in [0.15, 0.2) is 17.3 Å². The Kier molecular flexibility index (Phi) is 3.24. The molecule has 13 heavy (non-hydrogen) atoms. The molecule has 1 aromatic carbocycles. The molecule has 0 aliphatic carbocycles. The Morgan fingerprint density at radius 3 is 2.54 bits per heavy atom. The predicted octanol–water partition coefficient (Wildman–Crippen LogP) is 2.64. The molecule has 0 aromatic heterocycles. The molecule has 0 aliphatic rings. The predicted molar refractivity (Wildman–Crippen MR) is 55.7 cm³/mol. The van der Waals surface area contributed by atoms with Gasteiger partial charge in [0.2, 0.25) is 0 Å². The summed E-state index contributed by atoms with van der Waals surface area (Å²) in [6.45, 7) is 1.39. The van der Waals surface area contributed by atoms with Crippen molar-refractivity contribution >= 4 is 28.4 Å². The van der Waals surface area contributed by atoms with E-state index < -0.39 is 5.82 Å². The Labute approximate surface area is 89.2 Å². The number of hydrogen-bond donors (Lipinski definition) is 0. The van der Waals surface area contributed by atoms with Crippen LogP contribution in [0.2, 0.25) is 0 Å². The van der Waals surface area contributed by atoms with E-state index in [-0.39, 0.29) is 11.5 Å². The highest BCUT2D eigenvalue weighted by Crippen LogP contribution is 2.27. The minimum absolute atomic E-state index is 0.0272. The molecule has 0 saturated heterocycles. The van der Waals surface area contributed by atoms with Crippen LogP contribution in [0, 0.1) is 9.39 Å². The summed E-state index contributed by atoms with van der Waals surface area (Å²) in [6, 6.07) is 2.84. The molecule has 0 aliphatic heterocycles. The van der Waals surface area contributed by atoms with Gasteiger partial charge < -0.3 is 4.74 Å². The zero-order valence-electron chi connectivity index (χ0n) is 7.23. The molecule has 1 aromatic rings. The van der Waals surface area contributed by atoms with E-state index in [2.05, 4.69) is 0 Å². The zero-order valence-corrected chi connectivity index (χ0v) is 9.38. The molecule has 0 spiro atoms. The van der Waals surface area contributed by atoms with Crippen molar-refractivity contribution in [2.75, 3.05) is 7.11 Å². The van der Waals surface area contributed by atoms with Crippen LogP contribution in [0.25, 0.3) is 0 Å². The Morgan fingerprint density at radius 2 is 2.15 bits per heavy atom. The van der Waals surface area contributed by atoms with Crippen LogP contribution in [0.15, 0.2) is 12.1 Å². The van der Waals surface area contributed by atoms with Gasteiger partial charge in [0.25, 0.3) is 0 Å². The standard InChI is InChI=1S/C9H8FIO2/c1-5(12)8-7(11)4-3-6(10)9(8)13-2/h3-4H,1-2H3. The average Bonchev–Trinajstić information content (AvgIpc) is 2.07. The van der Waals surface area contributed by atoms with Crippen LogP contribution in [-0.4, -0.2) is 12.9 Å². The number of carbonyl (C=O) groups is 1. The molecule has 0 radical (unpaired) electrons. The van der Waals surface area contributed by atoms with E-state index in [1.807, 2.05) is 22.6 Å². The average molecular weight is 294 g/mol.